The minimum absolute atomic E-state index is 0.162. The number of likely N-dealkylation sites (tertiary alicyclic amines) is 1. The van der Waals surface area contributed by atoms with Gasteiger partial charge in [-0.25, -0.2) is 21.9 Å². The Hall–Kier alpha value is -1.05. The van der Waals surface area contributed by atoms with Gasteiger partial charge in [0.25, 0.3) is 0 Å². The van der Waals surface area contributed by atoms with Crippen molar-refractivity contribution in [2.75, 3.05) is 19.6 Å². The molecule has 0 aromatic heterocycles. The molecule has 1 saturated heterocycles. The van der Waals surface area contributed by atoms with Crippen molar-refractivity contribution in [2.24, 2.45) is 0 Å². The highest BCUT2D eigenvalue weighted by Gasteiger charge is 2.25. The Bertz CT molecular complexity index is 572. The maximum atomic E-state index is 13.5. The van der Waals surface area contributed by atoms with Crippen LogP contribution in [-0.2, 0) is 15.8 Å². The lowest BCUT2D eigenvalue weighted by atomic mass is 10.2. The van der Waals surface area contributed by atoms with Gasteiger partial charge in [-0.2, -0.15) is 0 Å². The first-order chi connectivity index (χ1) is 9.93. The second-order valence-corrected chi connectivity index (χ2v) is 7.04. The molecule has 0 radical (unpaired) electrons. The molecule has 1 aromatic carbocycles. The van der Waals surface area contributed by atoms with Gasteiger partial charge in [-0.05, 0) is 38.1 Å². The summed E-state index contributed by atoms with van der Waals surface area (Å²) in [6.45, 7) is 4.15. The van der Waals surface area contributed by atoms with Gasteiger partial charge in [0.05, 0.1) is 5.75 Å². The highest BCUT2D eigenvalue weighted by atomic mass is 32.2. The van der Waals surface area contributed by atoms with Crippen LogP contribution >= 0.6 is 0 Å². The number of halogens is 2. The van der Waals surface area contributed by atoms with E-state index in [4.69, 9.17) is 0 Å². The zero-order valence-corrected chi connectivity index (χ0v) is 12.8. The summed E-state index contributed by atoms with van der Waals surface area (Å²) in [5.74, 6) is -2.35. The van der Waals surface area contributed by atoms with Crippen molar-refractivity contribution in [2.45, 2.75) is 31.6 Å². The fraction of sp³-hybridized carbons (Fsp3) is 0.571. The van der Waals surface area contributed by atoms with Crippen LogP contribution in [0.5, 0.6) is 0 Å². The smallest absolute Gasteiger partial charge is 0.216 e. The minimum atomic E-state index is -3.76. The van der Waals surface area contributed by atoms with Crippen molar-refractivity contribution in [3.63, 3.8) is 0 Å². The molecule has 1 atom stereocenters. The quantitative estimate of drug-likeness (QED) is 0.871. The molecule has 1 heterocycles. The highest BCUT2D eigenvalue weighted by Crippen LogP contribution is 2.17. The van der Waals surface area contributed by atoms with Crippen LogP contribution in [0.4, 0.5) is 8.78 Å². The van der Waals surface area contributed by atoms with E-state index in [2.05, 4.69) is 9.62 Å². The van der Waals surface area contributed by atoms with E-state index in [0.717, 1.165) is 38.1 Å². The van der Waals surface area contributed by atoms with Gasteiger partial charge in [-0.3, -0.25) is 4.90 Å². The molecule has 1 aliphatic rings. The van der Waals surface area contributed by atoms with Gasteiger partial charge in [-0.1, -0.05) is 13.0 Å². The normalized spacial score (nSPS) is 20.0. The molecule has 0 bridgehead atoms. The van der Waals surface area contributed by atoms with E-state index in [9.17, 15) is 17.2 Å². The van der Waals surface area contributed by atoms with E-state index >= 15 is 0 Å². The first kappa shape index (κ1) is 16.3. The van der Waals surface area contributed by atoms with Crippen molar-refractivity contribution in [3.05, 3.63) is 35.4 Å². The molecule has 1 fully saturated rings. The van der Waals surface area contributed by atoms with Crippen molar-refractivity contribution < 1.29 is 17.2 Å². The van der Waals surface area contributed by atoms with Gasteiger partial charge < -0.3 is 0 Å². The summed E-state index contributed by atoms with van der Waals surface area (Å²) in [5, 5.41) is 0. The second-order valence-electron chi connectivity index (χ2n) is 5.23. The molecule has 118 valence electrons. The standard InChI is InChI=1S/C14H20F2N2O2S/c1-2-18-8-4-5-11(18)9-17-21(19,20)10-12-13(15)6-3-7-14(12)16/h3,6-7,11,17H,2,4-5,8-10H2,1H3/t11-/m0/s1. The molecule has 0 saturated carbocycles. The van der Waals surface area contributed by atoms with Crippen LogP contribution in [-0.4, -0.2) is 39.0 Å². The molecule has 7 heteroatoms. The molecule has 4 nitrogen and oxygen atoms in total. The van der Waals surface area contributed by atoms with E-state index in [1.54, 1.807) is 0 Å². The van der Waals surface area contributed by atoms with Crippen molar-refractivity contribution in [1.29, 1.82) is 0 Å². The molecule has 21 heavy (non-hydrogen) atoms. The molecule has 0 spiro atoms. The number of benzene rings is 1. The molecule has 1 N–H and O–H groups in total. The Morgan fingerprint density at radius 3 is 2.62 bits per heavy atom. The predicted octanol–water partition coefficient (Wildman–Crippen LogP) is 1.87. The molecular weight excluding hydrogens is 298 g/mol. The Kier molecular flexibility index (Phi) is 5.29. The number of hydrogen-bond acceptors (Lipinski definition) is 3. The molecule has 2 rings (SSSR count). The van der Waals surface area contributed by atoms with Crippen LogP contribution in [0.25, 0.3) is 0 Å². The summed E-state index contributed by atoms with van der Waals surface area (Å²) < 4.78 is 53.4. The molecule has 1 aromatic rings. The SMILES string of the molecule is CCN1CCC[C@H]1CNS(=O)(=O)Cc1c(F)cccc1F. The van der Waals surface area contributed by atoms with Crippen LogP contribution in [0.1, 0.15) is 25.3 Å². The van der Waals surface area contributed by atoms with Crippen LogP contribution in [0, 0.1) is 11.6 Å². The summed E-state index contributed by atoms with van der Waals surface area (Å²) in [5.41, 5.74) is -0.413. The maximum Gasteiger partial charge on any atom is 0.216 e. The van der Waals surface area contributed by atoms with E-state index in [1.807, 2.05) is 6.92 Å². The minimum Gasteiger partial charge on any atom is -0.299 e. The zero-order chi connectivity index (χ0) is 15.5. The molecule has 0 amide bonds. The number of nitrogens with zero attached hydrogens (tertiary/aromatic N) is 1. The first-order valence-corrected chi connectivity index (χ1v) is 8.72. The van der Waals surface area contributed by atoms with E-state index in [0.29, 0.717) is 0 Å². The fourth-order valence-electron chi connectivity index (χ4n) is 2.68. The largest absolute Gasteiger partial charge is 0.299 e. The molecule has 0 unspecified atom stereocenters. The molecule has 1 aliphatic heterocycles. The van der Waals surface area contributed by atoms with E-state index < -0.39 is 33.0 Å². The van der Waals surface area contributed by atoms with E-state index in [1.165, 1.54) is 6.07 Å². The van der Waals surface area contributed by atoms with Crippen molar-refractivity contribution >= 4 is 10.0 Å². The lowest BCUT2D eigenvalue weighted by molar-refractivity contribution is 0.268. The number of sulfonamides is 1. The van der Waals surface area contributed by atoms with Gasteiger partial charge in [0.1, 0.15) is 11.6 Å². The summed E-state index contributed by atoms with van der Waals surface area (Å²) in [6.07, 6.45) is 1.98. The summed E-state index contributed by atoms with van der Waals surface area (Å²) >= 11 is 0. The Morgan fingerprint density at radius 2 is 2.00 bits per heavy atom. The van der Waals surface area contributed by atoms with Gasteiger partial charge >= 0.3 is 0 Å². The monoisotopic (exact) mass is 318 g/mol. The van der Waals surface area contributed by atoms with Crippen molar-refractivity contribution in [1.82, 2.24) is 9.62 Å². The molecular formula is C14H20F2N2O2S. The van der Waals surface area contributed by atoms with Crippen LogP contribution in [0.15, 0.2) is 18.2 Å². The average molecular weight is 318 g/mol. The third-order valence-corrected chi connectivity index (χ3v) is 5.12. The Morgan fingerprint density at radius 1 is 1.33 bits per heavy atom. The first-order valence-electron chi connectivity index (χ1n) is 7.07. The number of likely N-dealkylation sites (N-methyl/N-ethyl adjacent to an activating group) is 1. The fourth-order valence-corrected chi connectivity index (χ4v) is 3.88. The van der Waals surface area contributed by atoms with Crippen LogP contribution in [0.2, 0.25) is 0 Å². The second kappa shape index (κ2) is 6.81. The summed E-state index contributed by atoms with van der Waals surface area (Å²) in [7, 11) is -3.76. The van der Waals surface area contributed by atoms with Gasteiger partial charge in [0.15, 0.2) is 0 Å². The summed E-state index contributed by atoms with van der Waals surface area (Å²) in [6, 6.07) is 3.49. The number of hydrogen-bond donors (Lipinski definition) is 1. The topological polar surface area (TPSA) is 49.4 Å². The highest BCUT2D eigenvalue weighted by molar-refractivity contribution is 7.88. The lowest BCUT2D eigenvalue weighted by Crippen LogP contribution is -2.40. The number of rotatable bonds is 6. The Balaban J connectivity index is 1.99. The van der Waals surface area contributed by atoms with Gasteiger partial charge in [0.2, 0.25) is 10.0 Å². The number of nitrogens with one attached hydrogen (secondary N) is 1. The average Bonchev–Trinajstić information content (AvgIpc) is 2.88. The Labute approximate surface area is 124 Å². The third-order valence-electron chi connectivity index (χ3n) is 3.84. The van der Waals surface area contributed by atoms with Crippen molar-refractivity contribution in [3.8, 4) is 0 Å². The van der Waals surface area contributed by atoms with E-state index in [-0.39, 0.29) is 12.6 Å². The summed E-state index contributed by atoms with van der Waals surface area (Å²) in [4.78, 5) is 2.20. The zero-order valence-electron chi connectivity index (χ0n) is 12.0. The maximum absolute atomic E-state index is 13.5. The molecule has 0 aliphatic carbocycles. The van der Waals surface area contributed by atoms with Crippen LogP contribution < -0.4 is 4.72 Å². The van der Waals surface area contributed by atoms with Gasteiger partial charge in [0, 0.05) is 18.2 Å². The van der Waals surface area contributed by atoms with Gasteiger partial charge in [-0.15, -0.1) is 0 Å². The third kappa shape index (κ3) is 4.21. The predicted molar refractivity (Wildman–Crippen MR) is 77.3 cm³/mol. The van der Waals surface area contributed by atoms with Crippen LogP contribution in [0.3, 0.4) is 0 Å². The lowest BCUT2D eigenvalue weighted by Gasteiger charge is -2.22.